The lowest BCUT2D eigenvalue weighted by Crippen LogP contribution is -2.27. The number of aromatic nitrogens is 1. The number of hydrogen-bond acceptors (Lipinski definition) is 4. The van der Waals surface area contributed by atoms with E-state index in [0.29, 0.717) is 6.42 Å². The third-order valence-corrected chi connectivity index (χ3v) is 5.43. The van der Waals surface area contributed by atoms with Gasteiger partial charge in [-0.1, -0.05) is 34.6 Å². The van der Waals surface area contributed by atoms with Crippen molar-refractivity contribution in [1.82, 2.24) is 4.57 Å². The number of nitrogens with one attached hydrogen (secondary N) is 1. The molecule has 0 amide bonds. The van der Waals surface area contributed by atoms with Crippen LogP contribution in [0, 0.1) is 29.1 Å². The Morgan fingerprint density at radius 2 is 1.83 bits per heavy atom. The molecule has 0 radical (unpaired) electrons. The van der Waals surface area contributed by atoms with Gasteiger partial charge >= 0.3 is 0 Å². The highest BCUT2D eigenvalue weighted by Crippen LogP contribution is 2.37. The molecule has 0 aliphatic heterocycles. The number of nitriles is 1. The van der Waals surface area contributed by atoms with E-state index in [1.54, 1.807) is 20.8 Å². The lowest BCUT2D eigenvalue weighted by Gasteiger charge is -2.30. The number of carbonyl (C=O) groups excluding carboxylic acids is 2. The van der Waals surface area contributed by atoms with Gasteiger partial charge in [0.15, 0.2) is 11.6 Å². The zero-order valence-electron chi connectivity index (χ0n) is 18.6. The average Bonchev–Trinajstić information content (AvgIpc) is 2.97. The highest BCUT2D eigenvalue weighted by atomic mass is 16.1. The SMILES string of the molecule is Cc1cc2c(n1-c1ccc(N/C=C(/C#N)C(=O)C(C)(C)C)cc1)CC(C)(C)CC2=O. The number of fused-ring (bicyclic) bond motifs is 1. The monoisotopic (exact) mass is 403 g/mol. The average molecular weight is 404 g/mol. The van der Waals surface area contributed by atoms with Gasteiger partial charge in [-0.05, 0) is 49.1 Å². The highest BCUT2D eigenvalue weighted by molar-refractivity contribution is 6.02. The second kappa shape index (κ2) is 7.60. The molecule has 0 unspecified atom stereocenters. The molecule has 0 saturated heterocycles. The summed E-state index contributed by atoms with van der Waals surface area (Å²) in [7, 11) is 0. The predicted octanol–water partition coefficient (Wildman–Crippen LogP) is 5.38. The number of ketones is 2. The summed E-state index contributed by atoms with van der Waals surface area (Å²) in [5, 5.41) is 12.4. The maximum Gasteiger partial charge on any atom is 0.180 e. The van der Waals surface area contributed by atoms with Crippen LogP contribution in [0.25, 0.3) is 5.69 Å². The summed E-state index contributed by atoms with van der Waals surface area (Å²) in [5.41, 5.74) is 4.14. The van der Waals surface area contributed by atoms with Gasteiger partial charge in [-0.3, -0.25) is 9.59 Å². The number of hydrogen-bond donors (Lipinski definition) is 1. The van der Waals surface area contributed by atoms with E-state index in [1.165, 1.54) is 6.20 Å². The Morgan fingerprint density at radius 3 is 2.40 bits per heavy atom. The fraction of sp³-hybridized carbons (Fsp3) is 0.400. The number of rotatable bonds is 4. The molecule has 1 aliphatic carbocycles. The van der Waals surface area contributed by atoms with Gasteiger partial charge in [0.05, 0.1) is 0 Å². The Labute approximate surface area is 178 Å². The van der Waals surface area contributed by atoms with Gasteiger partial charge in [0.1, 0.15) is 11.6 Å². The van der Waals surface area contributed by atoms with Gasteiger partial charge in [-0.2, -0.15) is 5.26 Å². The lowest BCUT2D eigenvalue weighted by molar-refractivity contribution is -0.122. The Morgan fingerprint density at radius 1 is 1.20 bits per heavy atom. The third kappa shape index (κ3) is 4.23. The van der Waals surface area contributed by atoms with E-state index < -0.39 is 5.41 Å². The minimum Gasteiger partial charge on any atom is -0.360 e. The maximum absolute atomic E-state index is 12.6. The molecule has 3 rings (SSSR count). The fourth-order valence-corrected chi connectivity index (χ4v) is 3.93. The lowest BCUT2D eigenvalue weighted by atomic mass is 9.76. The normalized spacial score (nSPS) is 16.0. The molecule has 0 spiro atoms. The Balaban J connectivity index is 1.88. The van der Waals surface area contributed by atoms with Crippen LogP contribution in [0.1, 0.15) is 62.8 Å². The van der Waals surface area contributed by atoms with Gasteiger partial charge in [0, 0.05) is 46.4 Å². The van der Waals surface area contributed by atoms with E-state index in [-0.39, 0.29) is 22.6 Å². The smallest absolute Gasteiger partial charge is 0.180 e. The summed E-state index contributed by atoms with van der Waals surface area (Å²) in [4.78, 5) is 24.9. The van der Waals surface area contributed by atoms with Gasteiger partial charge in [-0.15, -0.1) is 0 Å². The first-order chi connectivity index (χ1) is 13.9. The number of aryl methyl sites for hydroxylation is 1. The van der Waals surface area contributed by atoms with Gasteiger partial charge < -0.3 is 9.88 Å². The van der Waals surface area contributed by atoms with Crippen molar-refractivity contribution in [3.63, 3.8) is 0 Å². The van der Waals surface area contributed by atoms with Gasteiger partial charge in [0.25, 0.3) is 0 Å². The predicted molar refractivity (Wildman–Crippen MR) is 119 cm³/mol. The molecule has 2 aromatic rings. The topological polar surface area (TPSA) is 74.9 Å². The van der Waals surface area contributed by atoms with E-state index in [1.807, 2.05) is 43.3 Å². The fourth-order valence-electron chi connectivity index (χ4n) is 3.93. The number of Topliss-reactive ketones (excluding diaryl/α,β-unsaturated/α-hetero) is 2. The van der Waals surface area contributed by atoms with Crippen molar-refractivity contribution in [1.29, 1.82) is 5.26 Å². The van der Waals surface area contributed by atoms with Gasteiger partial charge in [-0.25, -0.2) is 0 Å². The number of anilines is 1. The first-order valence-corrected chi connectivity index (χ1v) is 10.2. The van der Waals surface area contributed by atoms with Crippen molar-refractivity contribution in [3.05, 3.63) is 59.1 Å². The standard InChI is InChI=1S/C25H29N3O2/c1-16-11-20-21(12-25(5,6)13-22(20)29)28(16)19-9-7-18(8-10-19)27-15-17(14-26)23(30)24(2,3)4/h7-11,15,27H,12-13H2,1-6H3/b17-15-. The van der Waals surface area contributed by atoms with E-state index in [0.717, 1.165) is 34.7 Å². The zero-order valence-corrected chi connectivity index (χ0v) is 18.6. The summed E-state index contributed by atoms with van der Waals surface area (Å²) in [5.74, 6) is 0.00932. The summed E-state index contributed by atoms with van der Waals surface area (Å²) in [6, 6.07) is 11.7. The van der Waals surface area contributed by atoms with Crippen molar-refractivity contribution in [2.45, 2.75) is 54.4 Å². The van der Waals surface area contributed by atoms with Crippen LogP contribution in [0.4, 0.5) is 5.69 Å². The van der Waals surface area contributed by atoms with Crippen molar-refractivity contribution >= 4 is 17.3 Å². The molecule has 1 heterocycles. The summed E-state index contributed by atoms with van der Waals surface area (Å²) < 4.78 is 2.15. The van der Waals surface area contributed by atoms with Crippen LogP contribution >= 0.6 is 0 Å². The molecule has 0 atom stereocenters. The zero-order chi connectivity index (χ0) is 22.3. The minimum atomic E-state index is -0.608. The summed E-state index contributed by atoms with van der Waals surface area (Å²) in [6.07, 6.45) is 2.89. The molecule has 1 aromatic heterocycles. The molecular weight excluding hydrogens is 374 g/mol. The third-order valence-electron chi connectivity index (χ3n) is 5.43. The minimum absolute atomic E-state index is 0.0494. The van der Waals surface area contributed by atoms with E-state index in [2.05, 4.69) is 23.7 Å². The molecule has 156 valence electrons. The van der Waals surface area contributed by atoms with Crippen LogP contribution in [0.2, 0.25) is 0 Å². The van der Waals surface area contributed by atoms with Gasteiger partial charge in [0.2, 0.25) is 0 Å². The second-order valence-electron chi connectivity index (χ2n) is 9.86. The molecule has 1 N–H and O–H groups in total. The first kappa shape index (κ1) is 21.6. The largest absolute Gasteiger partial charge is 0.360 e. The summed E-state index contributed by atoms with van der Waals surface area (Å²) in [6.45, 7) is 11.7. The van der Waals surface area contributed by atoms with Crippen molar-refractivity contribution in [2.24, 2.45) is 10.8 Å². The number of nitrogens with zero attached hydrogens (tertiary/aromatic N) is 2. The number of benzene rings is 1. The second-order valence-corrected chi connectivity index (χ2v) is 9.86. The number of carbonyl (C=O) groups is 2. The van der Waals surface area contributed by atoms with Crippen LogP contribution in [-0.2, 0) is 11.2 Å². The Kier molecular flexibility index (Phi) is 5.47. The van der Waals surface area contributed by atoms with Crippen molar-refractivity contribution in [2.75, 3.05) is 5.32 Å². The van der Waals surface area contributed by atoms with E-state index in [4.69, 9.17) is 0 Å². The molecule has 5 nitrogen and oxygen atoms in total. The molecule has 0 fully saturated rings. The van der Waals surface area contributed by atoms with Crippen LogP contribution in [0.3, 0.4) is 0 Å². The van der Waals surface area contributed by atoms with Crippen LogP contribution in [0.5, 0.6) is 0 Å². The molecule has 1 aromatic carbocycles. The van der Waals surface area contributed by atoms with Crippen LogP contribution in [-0.4, -0.2) is 16.1 Å². The highest BCUT2D eigenvalue weighted by Gasteiger charge is 2.34. The Hall–Kier alpha value is -3.13. The quantitative estimate of drug-likeness (QED) is 0.550. The molecular formula is C25H29N3O2. The van der Waals surface area contributed by atoms with E-state index in [9.17, 15) is 14.9 Å². The molecule has 5 heteroatoms. The van der Waals surface area contributed by atoms with Crippen LogP contribution in [0.15, 0.2) is 42.1 Å². The Bertz CT molecular complexity index is 1070. The molecule has 1 aliphatic rings. The maximum atomic E-state index is 12.6. The van der Waals surface area contributed by atoms with Crippen LogP contribution < -0.4 is 5.32 Å². The molecule has 0 saturated carbocycles. The van der Waals surface area contributed by atoms with Crippen molar-refractivity contribution in [3.8, 4) is 11.8 Å². The molecule has 0 bridgehead atoms. The molecule has 30 heavy (non-hydrogen) atoms. The van der Waals surface area contributed by atoms with Crippen molar-refractivity contribution < 1.29 is 9.59 Å². The first-order valence-electron chi connectivity index (χ1n) is 10.2. The van der Waals surface area contributed by atoms with E-state index >= 15 is 0 Å². The number of allylic oxidation sites excluding steroid dienone is 1. The summed E-state index contributed by atoms with van der Waals surface area (Å²) >= 11 is 0.